The van der Waals surface area contributed by atoms with Crippen LogP contribution in [0, 0.1) is 40.4 Å². The third-order valence-electron chi connectivity index (χ3n) is 11.4. The molecule has 8 heteroatoms. The summed E-state index contributed by atoms with van der Waals surface area (Å²) in [6, 6.07) is 0. The lowest BCUT2D eigenvalue weighted by atomic mass is 9.44. The van der Waals surface area contributed by atoms with E-state index in [1.807, 2.05) is 6.92 Å². The fraction of sp³-hybridized carbons (Fsp3) is 0.963. The van der Waals surface area contributed by atoms with Gasteiger partial charge in [-0.05, 0) is 105 Å². The summed E-state index contributed by atoms with van der Waals surface area (Å²) in [4.78, 5) is 11.4. The molecular formula is C27H44O8. The maximum absolute atomic E-state index is 11.4. The number of carbonyl (C=O) groups is 1. The number of rotatable bonds is 4. The molecule has 1 heterocycles. The molecule has 1 saturated heterocycles. The molecule has 0 amide bonds. The summed E-state index contributed by atoms with van der Waals surface area (Å²) in [7, 11) is 0. The molecule has 5 aliphatic rings. The van der Waals surface area contributed by atoms with Crippen molar-refractivity contribution >= 4 is 5.97 Å². The van der Waals surface area contributed by atoms with Gasteiger partial charge >= 0.3 is 5.97 Å². The summed E-state index contributed by atoms with van der Waals surface area (Å²) in [6.45, 7) is 6.86. The van der Waals surface area contributed by atoms with Gasteiger partial charge in [0.25, 0.3) is 0 Å². The summed E-state index contributed by atoms with van der Waals surface area (Å²) < 4.78 is 11.4. The van der Waals surface area contributed by atoms with Gasteiger partial charge in [0.05, 0.1) is 12.2 Å². The lowest BCUT2D eigenvalue weighted by molar-refractivity contribution is -0.309. The van der Waals surface area contributed by atoms with E-state index >= 15 is 0 Å². The zero-order valence-electron chi connectivity index (χ0n) is 21.3. The van der Waals surface area contributed by atoms with E-state index in [-0.39, 0.29) is 23.0 Å². The second kappa shape index (κ2) is 9.21. The van der Waals surface area contributed by atoms with Gasteiger partial charge in [-0.1, -0.05) is 13.8 Å². The van der Waals surface area contributed by atoms with Crippen molar-refractivity contribution in [2.75, 3.05) is 0 Å². The van der Waals surface area contributed by atoms with Crippen molar-refractivity contribution in [2.24, 2.45) is 40.4 Å². The number of carboxylic acid groups (broad SMARTS) is 1. The van der Waals surface area contributed by atoms with E-state index in [1.165, 1.54) is 25.7 Å². The number of carboxylic acids is 1. The van der Waals surface area contributed by atoms with E-state index in [0.717, 1.165) is 32.1 Å². The molecule has 0 aromatic heterocycles. The standard InChI is InChI=1S/C27H44O8/c1-13(28)17-6-7-18-16-5-4-14-12-15(8-10-26(14,2)19(16)9-11-27(17,18)3)34-25-22(31)20(29)21(30)23(35-25)24(32)33/h13-23,25,28-31H,4-12H2,1-3H3,(H,32,33)/t13-,14-,15+,16-,17+,18-,19-,20-,21-,22+,23+,25+,26-,27+/m0/s1. The van der Waals surface area contributed by atoms with Crippen LogP contribution in [0.25, 0.3) is 0 Å². The Labute approximate surface area is 208 Å². The van der Waals surface area contributed by atoms with Gasteiger partial charge < -0.3 is 35.0 Å². The lowest BCUT2D eigenvalue weighted by Gasteiger charge is -2.61. The second-order valence-electron chi connectivity index (χ2n) is 12.9. The highest BCUT2D eigenvalue weighted by molar-refractivity contribution is 5.73. The molecule has 5 fully saturated rings. The summed E-state index contributed by atoms with van der Waals surface area (Å²) >= 11 is 0. The third kappa shape index (κ3) is 4.07. The molecular weight excluding hydrogens is 452 g/mol. The highest BCUT2D eigenvalue weighted by Crippen LogP contribution is 2.67. The predicted octanol–water partition coefficient (Wildman–Crippen LogP) is 2.30. The molecule has 4 aliphatic carbocycles. The van der Waals surface area contributed by atoms with Crippen molar-refractivity contribution in [2.45, 2.75) is 121 Å². The first-order valence-electron chi connectivity index (χ1n) is 13.7. The average Bonchev–Trinajstić information content (AvgIpc) is 3.17. The van der Waals surface area contributed by atoms with Crippen LogP contribution in [-0.4, -0.2) is 74.4 Å². The molecule has 0 radical (unpaired) electrons. The number of hydrogen-bond acceptors (Lipinski definition) is 7. The van der Waals surface area contributed by atoms with Crippen LogP contribution in [0.5, 0.6) is 0 Å². The normalized spacial score (nSPS) is 54.9. The Balaban J connectivity index is 1.26. The van der Waals surface area contributed by atoms with Crippen molar-refractivity contribution < 1.29 is 39.8 Å². The molecule has 14 atom stereocenters. The SMILES string of the molecule is C[C@H](O)[C@H]1CC[C@H]2[C@@H]3CC[C@H]4C[C@H](O[C@@H]5O[C@@H](C(=O)O)[C@@H](O)[C@H](O)[C@H]5O)CC[C@]4(C)[C@H]3CC[C@]12C. The molecule has 200 valence electrons. The van der Waals surface area contributed by atoms with Gasteiger partial charge in [0.1, 0.15) is 18.3 Å². The van der Waals surface area contributed by atoms with Crippen LogP contribution in [0.2, 0.25) is 0 Å². The number of fused-ring (bicyclic) bond motifs is 5. The number of aliphatic hydroxyl groups excluding tert-OH is 4. The summed E-state index contributed by atoms with van der Waals surface area (Å²) in [5.41, 5.74) is 0.484. The van der Waals surface area contributed by atoms with Crippen LogP contribution >= 0.6 is 0 Å². The van der Waals surface area contributed by atoms with Gasteiger partial charge in [-0.15, -0.1) is 0 Å². The molecule has 35 heavy (non-hydrogen) atoms. The molecule has 0 aromatic rings. The van der Waals surface area contributed by atoms with Crippen LogP contribution in [0.1, 0.15) is 78.6 Å². The minimum Gasteiger partial charge on any atom is -0.479 e. The lowest BCUT2D eigenvalue weighted by Crippen LogP contribution is -2.61. The molecule has 0 unspecified atom stereocenters. The first kappa shape index (κ1) is 25.9. The van der Waals surface area contributed by atoms with Crippen LogP contribution in [0.3, 0.4) is 0 Å². The Kier molecular flexibility index (Phi) is 6.80. The zero-order valence-corrected chi connectivity index (χ0v) is 21.3. The van der Waals surface area contributed by atoms with Crippen LogP contribution in [-0.2, 0) is 14.3 Å². The van der Waals surface area contributed by atoms with Gasteiger partial charge in [0.2, 0.25) is 0 Å². The Morgan fingerprint density at radius 3 is 2.29 bits per heavy atom. The van der Waals surface area contributed by atoms with Crippen LogP contribution < -0.4 is 0 Å². The van der Waals surface area contributed by atoms with E-state index in [9.17, 15) is 30.3 Å². The highest BCUT2D eigenvalue weighted by atomic mass is 16.7. The fourth-order valence-corrected chi connectivity index (χ4v) is 9.53. The average molecular weight is 497 g/mol. The van der Waals surface area contributed by atoms with E-state index in [2.05, 4.69) is 13.8 Å². The highest BCUT2D eigenvalue weighted by Gasteiger charge is 2.61. The minimum atomic E-state index is -1.70. The van der Waals surface area contributed by atoms with Crippen molar-refractivity contribution in [3.8, 4) is 0 Å². The maximum atomic E-state index is 11.4. The van der Waals surface area contributed by atoms with Gasteiger partial charge in [-0.3, -0.25) is 0 Å². The van der Waals surface area contributed by atoms with Gasteiger partial charge in [-0.2, -0.15) is 0 Å². The van der Waals surface area contributed by atoms with Crippen LogP contribution in [0.4, 0.5) is 0 Å². The Morgan fingerprint density at radius 1 is 0.914 bits per heavy atom. The van der Waals surface area contributed by atoms with Crippen molar-refractivity contribution in [3.63, 3.8) is 0 Å². The molecule has 4 saturated carbocycles. The fourth-order valence-electron chi connectivity index (χ4n) is 9.53. The molecule has 8 nitrogen and oxygen atoms in total. The second-order valence-corrected chi connectivity index (χ2v) is 12.9. The topological polar surface area (TPSA) is 137 Å². The zero-order chi connectivity index (χ0) is 25.3. The van der Waals surface area contributed by atoms with Crippen molar-refractivity contribution in [3.05, 3.63) is 0 Å². The number of ether oxygens (including phenoxy) is 2. The van der Waals surface area contributed by atoms with E-state index in [1.54, 1.807) is 0 Å². The Morgan fingerprint density at radius 2 is 1.60 bits per heavy atom. The van der Waals surface area contributed by atoms with Gasteiger partial charge in [0.15, 0.2) is 12.4 Å². The molecule has 1 aliphatic heterocycles. The number of hydrogen-bond donors (Lipinski definition) is 5. The number of aliphatic hydroxyl groups is 4. The van der Waals surface area contributed by atoms with Gasteiger partial charge in [0, 0.05) is 0 Å². The third-order valence-corrected chi connectivity index (χ3v) is 11.4. The van der Waals surface area contributed by atoms with Crippen molar-refractivity contribution in [1.82, 2.24) is 0 Å². The molecule has 0 spiro atoms. The molecule has 0 bridgehead atoms. The van der Waals surface area contributed by atoms with E-state index in [4.69, 9.17) is 9.47 Å². The smallest absolute Gasteiger partial charge is 0.335 e. The monoisotopic (exact) mass is 496 g/mol. The van der Waals surface area contributed by atoms with Gasteiger partial charge in [-0.25, -0.2) is 4.79 Å². The maximum Gasteiger partial charge on any atom is 0.335 e. The molecule has 0 aromatic carbocycles. The van der Waals surface area contributed by atoms with Crippen LogP contribution in [0.15, 0.2) is 0 Å². The van der Waals surface area contributed by atoms with E-state index in [0.29, 0.717) is 29.6 Å². The summed E-state index contributed by atoms with van der Waals surface area (Å²) in [5.74, 6) is 1.60. The largest absolute Gasteiger partial charge is 0.479 e. The number of aliphatic carboxylic acids is 1. The van der Waals surface area contributed by atoms with Crippen molar-refractivity contribution in [1.29, 1.82) is 0 Å². The Bertz CT molecular complexity index is 804. The molecule has 5 N–H and O–H groups in total. The van der Waals surface area contributed by atoms with E-state index < -0.39 is 36.7 Å². The summed E-state index contributed by atoms with van der Waals surface area (Å²) in [6.07, 6.45) is 1.63. The first-order chi connectivity index (χ1) is 16.5. The Hall–Kier alpha value is -0.770. The molecule has 5 rings (SSSR count). The predicted molar refractivity (Wildman–Crippen MR) is 126 cm³/mol. The first-order valence-corrected chi connectivity index (χ1v) is 13.7. The quantitative estimate of drug-likeness (QED) is 0.374. The summed E-state index contributed by atoms with van der Waals surface area (Å²) in [5, 5.41) is 50.2. The minimum absolute atomic E-state index is 0.180.